The summed E-state index contributed by atoms with van der Waals surface area (Å²) in [5.41, 5.74) is 3.13. The monoisotopic (exact) mass is 324 g/mol. The van der Waals surface area contributed by atoms with E-state index in [4.69, 9.17) is 9.73 Å². The van der Waals surface area contributed by atoms with Gasteiger partial charge in [0.25, 0.3) is 5.91 Å². The lowest BCUT2D eigenvalue weighted by molar-refractivity contribution is 0.0774. The van der Waals surface area contributed by atoms with Crippen LogP contribution in [0, 0.1) is 0 Å². The van der Waals surface area contributed by atoms with Gasteiger partial charge >= 0.3 is 0 Å². The molecule has 4 nitrogen and oxygen atoms in total. The minimum atomic E-state index is 0.0118. The maximum Gasteiger partial charge on any atom is 0.256 e. The zero-order valence-corrected chi connectivity index (χ0v) is 14.7. The first-order valence-electron chi connectivity index (χ1n) is 8.18. The Balaban J connectivity index is 2.40. The van der Waals surface area contributed by atoms with Gasteiger partial charge in [-0.1, -0.05) is 24.3 Å². The minimum Gasteiger partial charge on any atom is -0.497 e. The third kappa shape index (κ3) is 4.02. The summed E-state index contributed by atoms with van der Waals surface area (Å²) in [7, 11) is 1.64. The van der Waals surface area contributed by atoms with Crippen molar-refractivity contribution in [3.8, 4) is 5.75 Å². The Labute approximate surface area is 143 Å². The Morgan fingerprint density at radius 1 is 1.08 bits per heavy atom. The van der Waals surface area contributed by atoms with Crippen LogP contribution in [0.5, 0.6) is 5.75 Å². The molecule has 1 amide bonds. The van der Waals surface area contributed by atoms with Crippen molar-refractivity contribution in [2.45, 2.75) is 20.8 Å². The first kappa shape index (κ1) is 17.7. The van der Waals surface area contributed by atoms with E-state index in [1.165, 1.54) is 0 Å². The largest absolute Gasteiger partial charge is 0.497 e. The molecule has 0 saturated carbocycles. The van der Waals surface area contributed by atoms with E-state index >= 15 is 0 Å². The summed E-state index contributed by atoms with van der Waals surface area (Å²) < 4.78 is 5.26. The molecule has 0 spiro atoms. The van der Waals surface area contributed by atoms with E-state index in [-0.39, 0.29) is 5.91 Å². The van der Waals surface area contributed by atoms with E-state index in [2.05, 4.69) is 0 Å². The first-order chi connectivity index (χ1) is 11.6. The highest BCUT2D eigenvalue weighted by Gasteiger charge is 2.16. The van der Waals surface area contributed by atoms with Crippen molar-refractivity contribution in [2.24, 2.45) is 4.99 Å². The van der Waals surface area contributed by atoms with Crippen molar-refractivity contribution in [2.75, 3.05) is 20.2 Å². The normalized spacial score (nSPS) is 11.2. The molecule has 0 unspecified atom stereocenters. The van der Waals surface area contributed by atoms with Gasteiger partial charge in [0.05, 0.1) is 18.4 Å². The van der Waals surface area contributed by atoms with Crippen molar-refractivity contribution in [1.82, 2.24) is 4.90 Å². The molecule has 0 aromatic heterocycles. The molecule has 0 bridgehead atoms. The summed E-state index contributed by atoms with van der Waals surface area (Å²) in [5.74, 6) is 0.798. The molecule has 0 atom stereocenters. The summed E-state index contributed by atoms with van der Waals surface area (Å²) >= 11 is 0. The van der Waals surface area contributed by atoms with Crippen LogP contribution in [0.25, 0.3) is 0 Å². The summed E-state index contributed by atoms with van der Waals surface area (Å²) in [6, 6.07) is 15.2. The van der Waals surface area contributed by atoms with Crippen LogP contribution in [0.2, 0.25) is 0 Å². The van der Waals surface area contributed by atoms with Gasteiger partial charge in [-0.2, -0.15) is 0 Å². The highest BCUT2D eigenvalue weighted by atomic mass is 16.5. The fourth-order valence-electron chi connectivity index (χ4n) is 2.53. The van der Waals surface area contributed by atoms with Crippen LogP contribution in [0.4, 0.5) is 5.69 Å². The minimum absolute atomic E-state index is 0.0118. The van der Waals surface area contributed by atoms with Crippen molar-refractivity contribution in [3.05, 3.63) is 59.7 Å². The number of nitrogens with zero attached hydrogens (tertiary/aromatic N) is 2. The zero-order valence-electron chi connectivity index (χ0n) is 14.7. The quantitative estimate of drug-likeness (QED) is 0.743. The SMILES string of the molecule is CCN(CC)C(=O)c1ccccc1N=C(C)c1cccc(OC)c1. The van der Waals surface area contributed by atoms with Crippen LogP contribution in [0.3, 0.4) is 0 Å². The van der Waals surface area contributed by atoms with Crippen molar-refractivity contribution >= 4 is 17.3 Å². The van der Waals surface area contributed by atoms with Gasteiger partial charge in [-0.05, 0) is 50.6 Å². The van der Waals surface area contributed by atoms with Crippen molar-refractivity contribution in [1.29, 1.82) is 0 Å². The number of carbonyl (C=O) groups is 1. The van der Waals surface area contributed by atoms with E-state index < -0.39 is 0 Å². The molecule has 0 aliphatic carbocycles. The number of carbonyl (C=O) groups excluding carboxylic acids is 1. The second-order valence-electron chi connectivity index (χ2n) is 5.42. The molecule has 0 radical (unpaired) electrons. The fourth-order valence-corrected chi connectivity index (χ4v) is 2.53. The Bertz CT molecular complexity index is 734. The molecule has 0 N–H and O–H groups in total. The molecule has 2 aromatic rings. The number of hydrogen-bond donors (Lipinski definition) is 0. The zero-order chi connectivity index (χ0) is 17.5. The average molecular weight is 324 g/mol. The number of aliphatic imine (C=N–C) groups is 1. The van der Waals surface area contributed by atoms with Crippen LogP contribution in [0.1, 0.15) is 36.7 Å². The van der Waals surface area contributed by atoms with E-state index in [9.17, 15) is 4.79 Å². The number of benzene rings is 2. The predicted octanol–water partition coefficient (Wildman–Crippen LogP) is 4.32. The Morgan fingerprint density at radius 2 is 1.79 bits per heavy atom. The lowest BCUT2D eigenvalue weighted by Crippen LogP contribution is -2.30. The molecule has 2 aromatic carbocycles. The highest BCUT2D eigenvalue weighted by Crippen LogP contribution is 2.23. The number of para-hydroxylation sites is 1. The molecule has 0 aliphatic heterocycles. The molecular weight excluding hydrogens is 300 g/mol. The molecule has 0 heterocycles. The second kappa shape index (κ2) is 8.29. The van der Waals surface area contributed by atoms with Crippen molar-refractivity contribution in [3.63, 3.8) is 0 Å². The van der Waals surface area contributed by atoms with Crippen LogP contribution >= 0.6 is 0 Å². The van der Waals surface area contributed by atoms with Crippen LogP contribution < -0.4 is 4.74 Å². The van der Waals surface area contributed by atoms with Gasteiger partial charge in [-0.15, -0.1) is 0 Å². The van der Waals surface area contributed by atoms with Crippen LogP contribution in [0.15, 0.2) is 53.5 Å². The molecular formula is C20H24N2O2. The standard InChI is InChI=1S/C20H24N2O2/c1-5-22(6-2)20(23)18-12-7-8-13-19(18)21-15(3)16-10-9-11-17(14-16)24-4/h7-14H,5-6H2,1-4H3. The maximum atomic E-state index is 12.7. The van der Waals surface area contributed by atoms with Gasteiger partial charge in [0, 0.05) is 18.8 Å². The van der Waals surface area contributed by atoms with Gasteiger partial charge in [0.15, 0.2) is 0 Å². The van der Waals surface area contributed by atoms with Gasteiger partial charge in [-0.25, -0.2) is 0 Å². The van der Waals surface area contributed by atoms with Gasteiger partial charge in [0.2, 0.25) is 0 Å². The first-order valence-corrected chi connectivity index (χ1v) is 8.18. The van der Waals surface area contributed by atoms with Gasteiger partial charge in [-0.3, -0.25) is 9.79 Å². The Hall–Kier alpha value is -2.62. The summed E-state index contributed by atoms with van der Waals surface area (Å²) in [6.45, 7) is 7.27. The number of rotatable bonds is 6. The summed E-state index contributed by atoms with van der Waals surface area (Å²) in [6.07, 6.45) is 0. The number of methoxy groups -OCH3 is 1. The maximum absolute atomic E-state index is 12.7. The third-order valence-corrected chi connectivity index (χ3v) is 3.96. The summed E-state index contributed by atoms with van der Waals surface area (Å²) in [5, 5.41) is 0. The molecule has 0 saturated heterocycles. The second-order valence-corrected chi connectivity index (χ2v) is 5.42. The molecule has 0 fully saturated rings. The molecule has 24 heavy (non-hydrogen) atoms. The summed E-state index contributed by atoms with van der Waals surface area (Å²) in [4.78, 5) is 19.2. The Morgan fingerprint density at radius 3 is 2.46 bits per heavy atom. The lowest BCUT2D eigenvalue weighted by Gasteiger charge is -2.19. The topological polar surface area (TPSA) is 41.9 Å². The lowest BCUT2D eigenvalue weighted by atomic mass is 10.1. The van der Waals surface area contributed by atoms with Gasteiger partial charge < -0.3 is 9.64 Å². The van der Waals surface area contributed by atoms with Crippen LogP contribution in [-0.4, -0.2) is 36.7 Å². The number of amides is 1. The highest BCUT2D eigenvalue weighted by molar-refractivity contribution is 6.04. The number of ether oxygens (including phenoxy) is 1. The van der Waals surface area contributed by atoms with E-state index in [0.29, 0.717) is 24.3 Å². The molecule has 126 valence electrons. The van der Waals surface area contributed by atoms with Crippen molar-refractivity contribution < 1.29 is 9.53 Å². The van der Waals surface area contributed by atoms with E-state index in [1.54, 1.807) is 12.0 Å². The predicted molar refractivity (Wildman–Crippen MR) is 98.6 cm³/mol. The average Bonchev–Trinajstić information content (AvgIpc) is 2.63. The third-order valence-electron chi connectivity index (χ3n) is 3.96. The van der Waals surface area contributed by atoms with E-state index in [0.717, 1.165) is 17.0 Å². The molecule has 4 heteroatoms. The van der Waals surface area contributed by atoms with Gasteiger partial charge in [0.1, 0.15) is 5.75 Å². The fraction of sp³-hybridized carbons (Fsp3) is 0.300. The molecule has 2 rings (SSSR count). The smallest absolute Gasteiger partial charge is 0.256 e. The van der Waals surface area contributed by atoms with E-state index in [1.807, 2.05) is 69.3 Å². The molecule has 0 aliphatic rings. The Kier molecular flexibility index (Phi) is 6.13. The van der Waals surface area contributed by atoms with Crippen LogP contribution in [-0.2, 0) is 0 Å². The number of hydrogen-bond acceptors (Lipinski definition) is 3.